The molecule has 3 nitrogen and oxygen atoms in total. The van der Waals surface area contributed by atoms with E-state index in [9.17, 15) is 4.79 Å². The number of carbonyl (C=O) groups is 1. The van der Waals surface area contributed by atoms with Gasteiger partial charge in [-0.15, -0.1) is 11.8 Å². The number of halogens is 1. The average Bonchev–Trinajstić information content (AvgIpc) is 3.13. The van der Waals surface area contributed by atoms with E-state index < -0.39 is 0 Å². The summed E-state index contributed by atoms with van der Waals surface area (Å²) in [6.45, 7) is 2.83. The molecule has 1 aromatic rings. The van der Waals surface area contributed by atoms with Crippen LogP contribution < -0.4 is 0 Å². The summed E-state index contributed by atoms with van der Waals surface area (Å²) >= 11 is 7.49. The van der Waals surface area contributed by atoms with Gasteiger partial charge in [-0.25, -0.2) is 4.98 Å². The van der Waals surface area contributed by atoms with E-state index in [0.717, 1.165) is 16.2 Å². The maximum Gasteiger partial charge on any atom is 0.257 e. The van der Waals surface area contributed by atoms with Gasteiger partial charge in [0.05, 0.1) is 5.56 Å². The van der Waals surface area contributed by atoms with Gasteiger partial charge in [-0.2, -0.15) is 0 Å². The molecular formula is C13H15ClN2OS. The lowest BCUT2D eigenvalue weighted by molar-refractivity contribution is 0.0694. The minimum atomic E-state index is 0.123. The van der Waals surface area contributed by atoms with E-state index in [1.54, 1.807) is 0 Å². The zero-order valence-electron chi connectivity index (χ0n) is 10.4. The Morgan fingerprint density at radius 2 is 2.28 bits per heavy atom. The second-order valence-electron chi connectivity index (χ2n) is 5.00. The molecule has 18 heavy (non-hydrogen) atoms. The number of rotatable bonds is 3. The van der Waals surface area contributed by atoms with Crippen LogP contribution in [0.2, 0.25) is 5.15 Å². The van der Waals surface area contributed by atoms with Crippen LogP contribution in [0.3, 0.4) is 0 Å². The molecule has 1 atom stereocenters. The van der Waals surface area contributed by atoms with E-state index >= 15 is 0 Å². The highest BCUT2D eigenvalue weighted by molar-refractivity contribution is 7.98. The van der Waals surface area contributed by atoms with Gasteiger partial charge in [0, 0.05) is 12.6 Å². The first kappa shape index (κ1) is 12.3. The normalized spacial score (nSPS) is 20.2. The molecule has 2 aliphatic rings. The molecule has 0 N–H and O–H groups in total. The van der Waals surface area contributed by atoms with Crippen molar-refractivity contribution in [1.82, 2.24) is 9.88 Å². The van der Waals surface area contributed by atoms with Crippen LogP contribution in [0.25, 0.3) is 0 Å². The number of carbonyl (C=O) groups excluding carboxylic acids is 1. The molecular weight excluding hydrogens is 268 g/mol. The zero-order chi connectivity index (χ0) is 12.9. The van der Waals surface area contributed by atoms with Gasteiger partial charge in [0.1, 0.15) is 10.2 Å². The van der Waals surface area contributed by atoms with Crippen molar-refractivity contribution in [3.8, 4) is 0 Å². The van der Waals surface area contributed by atoms with Crippen LogP contribution in [0.5, 0.6) is 0 Å². The van der Waals surface area contributed by atoms with E-state index in [-0.39, 0.29) is 5.91 Å². The summed E-state index contributed by atoms with van der Waals surface area (Å²) in [7, 11) is 0. The zero-order valence-corrected chi connectivity index (χ0v) is 12.0. The van der Waals surface area contributed by atoms with Crippen molar-refractivity contribution in [1.29, 1.82) is 0 Å². The monoisotopic (exact) mass is 282 g/mol. The molecule has 1 aliphatic heterocycles. The Balaban J connectivity index is 1.97. The van der Waals surface area contributed by atoms with E-state index in [2.05, 4.69) is 11.9 Å². The van der Waals surface area contributed by atoms with Crippen molar-refractivity contribution in [3.05, 3.63) is 22.3 Å². The van der Waals surface area contributed by atoms with Crippen molar-refractivity contribution in [2.75, 3.05) is 6.26 Å². The average molecular weight is 283 g/mol. The van der Waals surface area contributed by atoms with Crippen molar-refractivity contribution in [2.45, 2.75) is 37.4 Å². The molecule has 1 amide bonds. The molecule has 0 aromatic carbocycles. The maximum atomic E-state index is 12.5. The lowest BCUT2D eigenvalue weighted by Crippen LogP contribution is -2.34. The minimum absolute atomic E-state index is 0.123. The van der Waals surface area contributed by atoms with Crippen LogP contribution in [-0.2, 0) is 6.54 Å². The van der Waals surface area contributed by atoms with E-state index in [1.165, 1.54) is 24.6 Å². The highest BCUT2D eigenvalue weighted by atomic mass is 35.5. The first-order valence-corrected chi connectivity index (χ1v) is 7.76. The molecule has 2 heterocycles. The number of hydrogen-bond acceptors (Lipinski definition) is 3. The molecule has 0 unspecified atom stereocenters. The van der Waals surface area contributed by atoms with E-state index in [0.29, 0.717) is 23.7 Å². The van der Waals surface area contributed by atoms with Crippen molar-refractivity contribution >= 4 is 29.3 Å². The quantitative estimate of drug-likeness (QED) is 0.630. The standard InChI is InChI=1S/C13H15ClN2OS/c1-7(8-3-4-8)16-6-9-5-10(14)15-12(18-2)11(9)13(16)17/h5,7-8H,3-4,6H2,1-2H3/t7-/m0/s1. The molecule has 1 fully saturated rings. The Bertz CT molecular complexity index is 516. The number of nitrogens with zero attached hydrogens (tertiary/aromatic N) is 2. The van der Waals surface area contributed by atoms with Gasteiger partial charge in [-0.1, -0.05) is 11.6 Å². The Kier molecular flexibility index (Phi) is 3.02. The highest BCUT2D eigenvalue weighted by Gasteiger charge is 2.39. The van der Waals surface area contributed by atoms with Gasteiger partial charge in [0.2, 0.25) is 0 Å². The number of hydrogen-bond donors (Lipinski definition) is 0. The third kappa shape index (κ3) is 1.91. The molecule has 0 bridgehead atoms. The second kappa shape index (κ2) is 4.42. The topological polar surface area (TPSA) is 33.2 Å². The number of aromatic nitrogens is 1. The van der Waals surface area contributed by atoms with Gasteiger partial charge in [-0.05, 0) is 43.6 Å². The number of thioether (sulfide) groups is 1. The van der Waals surface area contributed by atoms with Crippen LogP contribution in [-0.4, -0.2) is 28.1 Å². The number of amides is 1. The molecule has 0 spiro atoms. The first-order chi connectivity index (χ1) is 8.61. The summed E-state index contributed by atoms with van der Waals surface area (Å²) in [6.07, 6.45) is 4.42. The largest absolute Gasteiger partial charge is 0.331 e. The lowest BCUT2D eigenvalue weighted by Gasteiger charge is -2.23. The Labute approximate surface area is 116 Å². The van der Waals surface area contributed by atoms with Gasteiger partial charge >= 0.3 is 0 Å². The fraction of sp³-hybridized carbons (Fsp3) is 0.538. The summed E-state index contributed by atoms with van der Waals surface area (Å²) < 4.78 is 0. The Morgan fingerprint density at radius 3 is 2.89 bits per heavy atom. The predicted octanol–water partition coefficient (Wildman–Crippen LogP) is 3.21. The van der Waals surface area contributed by atoms with Crippen LogP contribution >= 0.6 is 23.4 Å². The molecule has 0 radical (unpaired) electrons. The fourth-order valence-electron chi connectivity index (χ4n) is 2.60. The van der Waals surface area contributed by atoms with Gasteiger partial charge < -0.3 is 4.90 Å². The summed E-state index contributed by atoms with van der Waals surface area (Å²) in [6, 6.07) is 2.16. The summed E-state index contributed by atoms with van der Waals surface area (Å²) in [5, 5.41) is 1.24. The third-order valence-corrected chi connectivity index (χ3v) is 4.72. The number of fused-ring (bicyclic) bond motifs is 1. The van der Waals surface area contributed by atoms with Crippen molar-refractivity contribution in [3.63, 3.8) is 0 Å². The molecule has 0 saturated heterocycles. The van der Waals surface area contributed by atoms with Gasteiger partial charge in [0.25, 0.3) is 5.91 Å². The van der Waals surface area contributed by atoms with Crippen LogP contribution in [0.1, 0.15) is 35.7 Å². The molecule has 96 valence electrons. The molecule has 1 aromatic heterocycles. The minimum Gasteiger partial charge on any atom is -0.331 e. The molecule has 1 aliphatic carbocycles. The van der Waals surface area contributed by atoms with Crippen molar-refractivity contribution < 1.29 is 4.79 Å². The van der Waals surface area contributed by atoms with Crippen LogP contribution in [0.15, 0.2) is 11.1 Å². The van der Waals surface area contributed by atoms with Gasteiger partial charge in [0.15, 0.2) is 0 Å². The third-order valence-electron chi connectivity index (χ3n) is 3.84. The SMILES string of the molecule is CSc1nc(Cl)cc2c1C(=O)N([C@@H](C)C1CC1)C2. The lowest BCUT2D eigenvalue weighted by atomic mass is 10.2. The van der Waals surface area contributed by atoms with Gasteiger partial charge in [-0.3, -0.25) is 4.79 Å². The highest BCUT2D eigenvalue weighted by Crippen LogP contribution is 2.40. The van der Waals surface area contributed by atoms with Crippen molar-refractivity contribution in [2.24, 2.45) is 5.92 Å². The summed E-state index contributed by atoms with van der Waals surface area (Å²) in [5.74, 6) is 0.808. The summed E-state index contributed by atoms with van der Waals surface area (Å²) in [4.78, 5) is 18.7. The Morgan fingerprint density at radius 1 is 1.56 bits per heavy atom. The smallest absolute Gasteiger partial charge is 0.257 e. The van der Waals surface area contributed by atoms with E-state index in [4.69, 9.17) is 11.6 Å². The fourth-order valence-corrected chi connectivity index (χ4v) is 3.48. The van der Waals surface area contributed by atoms with E-state index in [1.807, 2.05) is 17.2 Å². The molecule has 5 heteroatoms. The number of pyridine rings is 1. The maximum absolute atomic E-state index is 12.5. The predicted molar refractivity (Wildman–Crippen MR) is 73.1 cm³/mol. The summed E-state index contributed by atoms with van der Waals surface area (Å²) in [5.41, 5.74) is 1.79. The molecule has 3 rings (SSSR count). The Hall–Kier alpha value is -0.740. The second-order valence-corrected chi connectivity index (χ2v) is 6.18. The van der Waals surface area contributed by atoms with Crippen LogP contribution in [0.4, 0.5) is 0 Å². The molecule has 1 saturated carbocycles. The van der Waals surface area contributed by atoms with Crippen LogP contribution in [0, 0.1) is 5.92 Å². The first-order valence-electron chi connectivity index (χ1n) is 6.16.